The van der Waals surface area contributed by atoms with Crippen LogP contribution in [0.4, 0.5) is 0 Å². The van der Waals surface area contributed by atoms with Gasteiger partial charge < -0.3 is 4.52 Å². The minimum absolute atomic E-state index is 0.802. The van der Waals surface area contributed by atoms with Crippen molar-refractivity contribution in [1.29, 1.82) is 0 Å². The molecule has 19 heavy (non-hydrogen) atoms. The predicted octanol–water partition coefficient (Wildman–Crippen LogP) is 3.52. The van der Waals surface area contributed by atoms with Crippen LogP contribution in [0.25, 0.3) is 6.08 Å². The van der Waals surface area contributed by atoms with Crippen molar-refractivity contribution in [1.82, 2.24) is 10.1 Å². The molecule has 0 aliphatic carbocycles. The fourth-order valence-corrected chi connectivity index (χ4v) is 1.92. The zero-order valence-corrected chi connectivity index (χ0v) is 11.5. The van der Waals surface area contributed by atoms with Crippen LogP contribution in [0.1, 0.15) is 23.9 Å². The third-order valence-electron chi connectivity index (χ3n) is 2.98. The maximum absolute atomic E-state index is 5.25. The van der Waals surface area contributed by atoms with Gasteiger partial charge in [0.15, 0.2) is 5.76 Å². The van der Waals surface area contributed by atoms with Gasteiger partial charge in [0.2, 0.25) is 0 Å². The average Bonchev–Trinajstić information content (AvgIpc) is 2.84. The number of aromatic nitrogens is 1. The zero-order valence-electron chi connectivity index (χ0n) is 11.5. The third-order valence-corrected chi connectivity index (χ3v) is 2.98. The molecule has 3 heteroatoms. The first kappa shape index (κ1) is 13.6. The van der Waals surface area contributed by atoms with Gasteiger partial charge in [0.1, 0.15) is 0 Å². The Kier molecular flexibility index (Phi) is 4.93. The van der Waals surface area contributed by atoms with Gasteiger partial charge in [0.05, 0.1) is 12.2 Å². The Morgan fingerprint density at radius 1 is 1.26 bits per heavy atom. The van der Waals surface area contributed by atoms with Crippen molar-refractivity contribution < 1.29 is 4.52 Å². The Balaban J connectivity index is 1.87. The first-order valence-electron chi connectivity index (χ1n) is 6.64. The number of benzene rings is 1. The Morgan fingerprint density at radius 2 is 2.05 bits per heavy atom. The second-order valence-electron chi connectivity index (χ2n) is 4.58. The van der Waals surface area contributed by atoms with E-state index in [4.69, 9.17) is 4.52 Å². The number of likely N-dealkylation sites (N-methyl/N-ethyl adjacent to an activating group) is 1. The molecule has 1 aromatic carbocycles. The van der Waals surface area contributed by atoms with Crippen molar-refractivity contribution in [2.75, 3.05) is 13.1 Å². The summed E-state index contributed by atoms with van der Waals surface area (Å²) in [5.41, 5.74) is 2.17. The molecule has 0 aliphatic heterocycles. The molecular formula is C16H20N2O. The van der Waals surface area contributed by atoms with E-state index >= 15 is 0 Å². The van der Waals surface area contributed by atoms with Crippen molar-refractivity contribution in [3.8, 4) is 0 Å². The SMILES string of the molecule is CCN(CC=Cc1ccccc1)Cc1cc(C)no1. The molecule has 1 aromatic heterocycles. The third kappa shape index (κ3) is 4.38. The van der Waals surface area contributed by atoms with Crippen LogP contribution in [0.15, 0.2) is 47.0 Å². The van der Waals surface area contributed by atoms with Gasteiger partial charge in [-0.1, -0.05) is 54.6 Å². The lowest BCUT2D eigenvalue weighted by Crippen LogP contribution is -2.22. The Morgan fingerprint density at radius 3 is 2.68 bits per heavy atom. The summed E-state index contributed by atoms with van der Waals surface area (Å²) in [5.74, 6) is 0.924. The van der Waals surface area contributed by atoms with Crippen LogP contribution in [0.3, 0.4) is 0 Å². The molecule has 0 bridgehead atoms. The van der Waals surface area contributed by atoms with Crippen LogP contribution in [0.2, 0.25) is 0 Å². The lowest BCUT2D eigenvalue weighted by atomic mass is 10.2. The number of hydrogen-bond donors (Lipinski definition) is 0. The van der Waals surface area contributed by atoms with Gasteiger partial charge in [-0.3, -0.25) is 4.90 Å². The number of hydrogen-bond acceptors (Lipinski definition) is 3. The number of rotatable bonds is 6. The summed E-state index contributed by atoms with van der Waals surface area (Å²) in [6.45, 7) is 6.79. The average molecular weight is 256 g/mol. The van der Waals surface area contributed by atoms with Crippen LogP contribution in [-0.2, 0) is 6.54 Å². The van der Waals surface area contributed by atoms with Crippen molar-refractivity contribution in [2.24, 2.45) is 0 Å². The van der Waals surface area contributed by atoms with E-state index in [-0.39, 0.29) is 0 Å². The van der Waals surface area contributed by atoms with E-state index in [1.54, 1.807) is 0 Å². The fraction of sp³-hybridized carbons (Fsp3) is 0.312. The highest BCUT2D eigenvalue weighted by Crippen LogP contribution is 2.07. The minimum atomic E-state index is 0.802. The van der Waals surface area contributed by atoms with E-state index in [1.165, 1.54) is 5.56 Å². The lowest BCUT2D eigenvalue weighted by molar-refractivity contribution is 0.261. The molecule has 0 fully saturated rings. The summed E-state index contributed by atoms with van der Waals surface area (Å²) < 4.78 is 5.25. The van der Waals surface area contributed by atoms with Gasteiger partial charge in [-0.25, -0.2) is 0 Å². The molecule has 0 unspecified atom stereocenters. The van der Waals surface area contributed by atoms with Crippen LogP contribution < -0.4 is 0 Å². The van der Waals surface area contributed by atoms with Gasteiger partial charge in [-0.15, -0.1) is 0 Å². The van der Waals surface area contributed by atoms with Crippen LogP contribution >= 0.6 is 0 Å². The Hall–Kier alpha value is -1.87. The van der Waals surface area contributed by atoms with Crippen molar-refractivity contribution in [3.05, 3.63) is 59.5 Å². The Labute approximate surface area is 114 Å². The number of nitrogens with zero attached hydrogens (tertiary/aromatic N) is 2. The molecule has 0 saturated carbocycles. The summed E-state index contributed by atoms with van der Waals surface area (Å²) in [7, 11) is 0. The topological polar surface area (TPSA) is 29.3 Å². The molecule has 100 valence electrons. The van der Waals surface area contributed by atoms with Crippen LogP contribution in [0.5, 0.6) is 0 Å². The normalized spacial score (nSPS) is 11.5. The second-order valence-corrected chi connectivity index (χ2v) is 4.58. The highest BCUT2D eigenvalue weighted by molar-refractivity contribution is 5.48. The lowest BCUT2D eigenvalue weighted by Gasteiger charge is -2.16. The van der Waals surface area contributed by atoms with Gasteiger partial charge in [-0.2, -0.15) is 0 Å². The molecular weight excluding hydrogens is 236 g/mol. The molecule has 0 saturated heterocycles. The van der Waals surface area contributed by atoms with Gasteiger partial charge in [-0.05, 0) is 19.0 Å². The maximum atomic E-state index is 5.25. The van der Waals surface area contributed by atoms with Crippen molar-refractivity contribution >= 4 is 6.08 Å². The summed E-state index contributed by atoms with van der Waals surface area (Å²) in [6, 6.07) is 12.3. The molecule has 0 atom stereocenters. The molecule has 3 nitrogen and oxygen atoms in total. The largest absolute Gasteiger partial charge is 0.360 e. The predicted molar refractivity (Wildman–Crippen MR) is 77.7 cm³/mol. The van der Waals surface area contributed by atoms with Crippen molar-refractivity contribution in [3.63, 3.8) is 0 Å². The monoisotopic (exact) mass is 256 g/mol. The van der Waals surface area contributed by atoms with Crippen molar-refractivity contribution in [2.45, 2.75) is 20.4 Å². The summed E-state index contributed by atoms with van der Waals surface area (Å²) in [4.78, 5) is 2.30. The molecule has 2 aromatic rings. The maximum Gasteiger partial charge on any atom is 0.150 e. The highest BCUT2D eigenvalue weighted by atomic mass is 16.5. The summed E-state index contributed by atoms with van der Waals surface area (Å²) >= 11 is 0. The summed E-state index contributed by atoms with van der Waals surface area (Å²) in [5, 5.41) is 3.91. The number of aryl methyl sites for hydroxylation is 1. The standard InChI is InChI=1S/C16H20N2O/c1-3-18(13-16-12-14(2)17-19-16)11-7-10-15-8-5-4-6-9-15/h4-10,12H,3,11,13H2,1-2H3. The zero-order chi connectivity index (χ0) is 13.5. The van der Waals surface area contributed by atoms with E-state index in [2.05, 4.69) is 53.4 Å². The Bertz CT molecular complexity index is 517. The molecule has 0 amide bonds. The molecule has 1 heterocycles. The summed E-state index contributed by atoms with van der Waals surface area (Å²) in [6.07, 6.45) is 4.33. The van der Waals surface area contributed by atoms with E-state index in [0.717, 1.165) is 31.1 Å². The van der Waals surface area contributed by atoms with Crippen LogP contribution in [0, 0.1) is 6.92 Å². The quantitative estimate of drug-likeness (QED) is 0.792. The second kappa shape index (κ2) is 6.90. The van der Waals surface area contributed by atoms with Gasteiger partial charge >= 0.3 is 0 Å². The minimum Gasteiger partial charge on any atom is -0.360 e. The van der Waals surface area contributed by atoms with E-state index in [9.17, 15) is 0 Å². The van der Waals surface area contributed by atoms with E-state index < -0.39 is 0 Å². The molecule has 0 N–H and O–H groups in total. The molecule has 0 radical (unpaired) electrons. The molecule has 2 rings (SSSR count). The van der Waals surface area contributed by atoms with E-state index in [1.807, 2.05) is 19.1 Å². The van der Waals surface area contributed by atoms with Gasteiger partial charge in [0.25, 0.3) is 0 Å². The smallest absolute Gasteiger partial charge is 0.150 e. The first-order chi connectivity index (χ1) is 9.28. The van der Waals surface area contributed by atoms with Gasteiger partial charge in [0, 0.05) is 12.6 Å². The molecule has 0 aliphatic rings. The van der Waals surface area contributed by atoms with E-state index in [0.29, 0.717) is 0 Å². The fourth-order valence-electron chi connectivity index (χ4n) is 1.92. The highest BCUT2D eigenvalue weighted by Gasteiger charge is 2.06. The van der Waals surface area contributed by atoms with Crippen LogP contribution in [-0.4, -0.2) is 23.1 Å². The molecule has 0 spiro atoms. The first-order valence-corrected chi connectivity index (χ1v) is 6.64.